The first kappa shape index (κ1) is 10.9. The largest absolute Gasteiger partial charge is 0.293 e. The Morgan fingerprint density at radius 2 is 2.29 bits per heavy atom. The van der Waals surface area contributed by atoms with Crippen LogP contribution in [0.1, 0.15) is 37.7 Å². The standard InChI is InChI=1S/C10H15FN2O/c1-8(14)9-4-6-12-13(9)7-5-10(2,3)11/h4,6H,5,7H2,1-3H3. The number of halogens is 1. The number of hydrogen-bond donors (Lipinski definition) is 0. The van der Waals surface area contributed by atoms with E-state index in [2.05, 4.69) is 5.10 Å². The van der Waals surface area contributed by atoms with E-state index in [0.717, 1.165) is 0 Å². The van der Waals surface area contributed by atoms with Crippen LogP contribution in [0.5, 0.6) is 0 Å². The summed E-state index contributed by atoms with van der Waals surface area (Å²) in [6.07, 6.45) is 1.91. The van der Waals surface area contributed by atoms with Crippen LogP contribution in [0.2, 0.25) is 0 Å². The van der Waals surface area contributed by atoms with Crippen LogP contribution < -0.4 is 0 Å². The molecule has 0 radical (unpaired) electrons. The number of carbonyl (C=O) groups excluding carboxylic acids is 1. The molecule has 0 aliphatic heterocycles. The molecule has 0 saturated carbocycles. The van der Waals surface area contributed by atoms with Crippen molar-refractivity contribution in [2.45, 2.75) is 39.4 Å². The Hall–Kier alpha value is -1.19. The molecule has 1 rings (SSSR count). The molecule has 0 unspecified atom stereocenters. The zero-order valence-electron chi connectivity index (χ0n) is 8.75. The van der Waals surface area contributed by atoms with Crippen molar-refractivity contribution in [3.63, 3.8) is 0 Å². The Morgan fingerprint density at radius 1 is 1.64 bits per heavy atom. The summed E-state index contributed by atoms with van der Waals surface area (Å²) in [6.45, 7) is 4.95. The van der Waals surface area contributed by atoms with Crippen LogP contribution in [0.15, 0.2) is 12.3 Å². The molecule has 0 saturated heterocycles. The Kier molecular flexibility index (Phi) is 3.03. The van der Waals surface area contributed by atoms with E-state index in [1.807, 2.05) is 0 Å². The van der Waals surface area contributed by atoms with Crippen molar-refractivity contribution in [3.8, 4) is 0 Å². The summed E-state index contributed by atoms with van der Waals surface area (Å²) >= 11 is 0. The van der Waals surface area contributed by atoms with E-state index in [1.165, 1.54) is 20.8 Å². The fraction of sp³-hybridized carbons (Fsp3) is 0.600. The SMILES string of the molecule is CC(=O)c1ccnn1CCC(C)(C)F. The second-order valence-electron chi connectivity index (χ2n) is 3.96. The number of aromatic nitrogens is 2. The zero-order chi connectivity index (χ0) is 10.8. The van der Waals surface area contributed by atoms with Gasteiger partial charge < -0.3 is 0 Å². The van der Waals surface area contributed by atoms with E-state index < -0.39 is 5.67 Å². The van der Waals surface area contributed by atoms with Gasteiger partial charge in [-0.1, -0.05) is 0 Å². The van der Waals surface area contributed by atoms with Gasteiger partial charge in [-0.15, -0.1) is 0 Å². The molecule has 0 bridgehead atoms. The van der Waals surface area contributed by atoms with Gasteiger partial charge in [0, 0.05) is 26.1 Å². The van der Waals surface area contributed by atoms with Crippen molar-refractivity contribution in [1.82, 2.24) is 9.78 Å². The molecule has 4 heteroatoms. The first-order valence-electron chi connectivity index (χ1n) is 4.62. The summed E-state index contributed by atoms with van der Waals surface area (Å²) in [5, 5.41) is 3.97. The molecule has 0 aliphatic carbocycles. The second kappa shape index (κ2) is 3.90. The van der Waals surface area contributed by atoms with Crippen molar-refractivity contribution in [2.24, 2.45) is 0 Å². The van der Waals surface area contributed by atoms with E-state index in [-0.39, 0.29) is 5.78 Å². The van der Waals surface area contributed by atoms with Gasteiger partial charge in [0.15, 0.2) is 5.78 Å². The quantitative estimate of drug-likeness (QED) is 0.695. The molecule has 0 spiro atoms. The Bertz CT molecular complexity index is 325. The van der Waals surface area contributed by atoms with Gasteiger partial charge in [-0.25, -0.2) is 4.39 Å². The van der Waals surface area contributed by atoms with Gasteiger partial charge in [0.2, 0.25) is 0 Å². The molecular formula is C10H15FN2O. The van der Waals surface area contributed by atoms with E-state index in [1.54, 1.807) is 16.9 Å². The maximum absolute atomic E-state index is 13.2. The fourth-order valence-electron chi connectivity index (χ4n) is 1.18. The lowest BCUT2D eigenvalue weighted by molar-refractivity contribution is 0.1000. The average Bonchev–Trinajstić information content (AvgIpc) is 2.46. The molecule has 14 heavy (non-hydrogen) atoms. The van der Waals surface area contributed by atoms with E-state index >= 15 is 0 Å². The van der Waals surface area contributed by atoms with Crippen LogP contribution in [-0.4, -0.2) is 21.2 Å². The lowest BCUT2D eigenvalue weighted by Crippen LogP contribution is -2.18. The lowest BCUT2D eigenvalue weighted by atomic mass is 10.1. The fourth-order valence-corrected chi connectivity index (χ4v) is 1.18. The summed E-state index contributed by atoms with van der Waals surface area (Å²) < 4.78 is 14.7. The predicted molar refractivity (Wildman–Crippen MR) is 52.0 cm³/mol. The smallest absolute Gasteiger partial charge is 0.177 e. The highest BCUT2D eigenvalue weighted by Gasteiger charge is 2.16. The molecule has 1 heterocycles. The third-order valence-corrected chi connectivity index (χ3v) is 2.00. The summed E-state index contributed by atoms with van der Waals surface area (Å²) in [4.78, 5) is 11.1. The van der Waals surface area contributed by atoms with Crippen LogP contribution in [-0.2, 0) is 6.54 Å². The highest BCUT2D eigenvalue weighted by molar-refractivity contribution is 5.92. The molecule has 3 nitrogen and oxygen atoms in total. The highest BCUT2D eigenvalue weighted by atomic mass is 19.1. The molecule has 78 valence electrons. The zero-order valence-corrected chi connectivity index (χ0v) is 8.75. The van der Waals surface area contributed by atoms with Gasteiger partial charge in [0.05, 0.1) is 0 Å². The molecule has 1 aromatic rings. The number of hydrogen-bond acceptors (Lipinski definition) is 2. The van der Waals surface area contributed by atoms with Crippen LogP contribution in [0, 0.1) is 0 Å². The van der Waals surface area contributed by atoms with Gasteiger partial charge in [0.25, 0.3) is 0 Å². The number of Topliss-reactive ketones (excluding diaryl/α,β-unsaturated/α-hetero) is 1. The first-order valence-corrected chi connectivity index (χ1v) is 4.62. The van der Waals surface area contributed by atoms with Crippen LogP contribution in [0.25, 0.3) is 0 Å². The summed E-state index contributed by atoms with van der Waals surface area (Å²) in [6, 6.07) is 1.65. The highest BCUT2D eigenvalue weighted by Crippen LogP contribution is 2.15. The third kappa shape index (κ3) is 2.94. The Balaban J connectivity index is 2.68. The molecular weight excluding hydrogens is 183 g/mol. The minimum absolute atomic E-state index is 0.0424. The summed E-state index contributed by atoms with van der Waals surface area (Å²) in [5.74, 6) is -0.0424. The Morgan fingerprint density at radius 3 is 2.79 bits per heavy atom. The van der Waals surface area contributed by atoms with E-state index in [4.69, 9.17) is 0 Å². The second-order valence-corrected chi connectivity index (χ2v) is 3.96. The molecule has 0 aliphatic rings. The molecule has 0 fully saturated rings. The van der Waals surface area contributed by atoms with Crippen LogP contribution in [0.4, 0.5) is 4.39 Å². The number of aryl methyl sites for hydroxylation is 1. The number of carbonyl (C=O) groups is 1. The molecule has 0 aromatic carbocycles. The molecule has 0 amide bonds. The van der Waals surface area contributed by atoms with E-state index in [9.17, 15) is 9.18 Å². The lowest BCUT2D eigenvalue weighted by Gasteiger charge is -2.14. The number of alkyl halides is 1. The summed E-state index contributed by atoms with van der Waals surface area (Å²) in [7, 11) is 0. The van der Waals surface area contributed by atoms with E-state index in [0.29, 0.717) is 18.7 Å². The maximum Gasteiger partial charge on any atom is 0.177 e. The van der Waals surface area contributed by atoms with Crippen molar-refractivity contribution >= 4 is 5.78 Å². The van der Waals surface area contributed by atoms with Crippen molar-refractivity contribution in [3.05, 3.63) is 18.0 Å². The molecule has 0 atom stereocenters. The predicted octanol–water partition coefficient (Wildman–Crippen LogP) is 2.22. The van der Waals surface area contributed by atoms with Gasteiger partial charge in [-0.2, -0.15) is 5.10 Å². The van der Waals surface area contributed by atoms with Crippen molar-refractivity contribution in [2.75, 3.05) is 0 Å². The monoisotopic (exact) mass is 198 g/mol. The van der Waals surface area contributed by atoms with Gasteiger partial charge in [0.1, 0.15) is 11.4 Å². The van der Waals surface area contributed by atoms with Crippen molar-refractivity contribution < 1.29 is 9.18 Å². The normalized spacial score (nSPS) is 11.7. The van der Waals surface area contributed by atoms with Gasteiger partial charge in [-0.3, -0.25) is 9.48 Å². The first-order chi connectivity index (χ1) is 6.40. The van der Waals surface area contributed by atoms with Gasteiger partial charge >= 0.3 is 0 Å². The van der Waals surface area contributed by atoms with Gasteiger partial charge in [-0.05, 0) is 19.9 Å². The number of ketones is 1. The molecule has 1 aromatic heterocycles. The third-order valence-electron chi connectivity index (χ3n) is 2.00. The number of nitrogens with zero attached hydrogens (tertiary/aromatic N) is 2. The topological polar surface area (TPSA) is 34.9 Å². The minimum Gasteiger partial charge on any atom is -0.293 e. The van der Waals surface area contributed by atoms with Crippen molar-refractivity contribution in [1.29, 1.82) is 0 Å². The average molecular weight is 198 g/mol. The number of rotatable bonds is 4. The Labute approximate surface area is 82.9 Å². The maximum atomic E-state index is 13.2. The summed E-state index contributed by atoms with van der Waals surface area (Å²) in [5.41, 5.74) is -0.686. The molecule has 0 N–H and O–H groups in total. The minimum atomic E-state index is -1.22. The van der Waals surface area contributed by atoms with Crippen LogP contribution >= 0.6 is 0 Å². The van der Waals surface area contributed by atoms with Crippen LogP contribution in [0.3, 0.4) is 0 Å².